The van der Waals surface area contributed by atoms with Crippen LogP contribution < -0.4 is 10.1 Å². The normalized spacial score (nSPS) is 17.2. The predicted octanol–water partition coefficient (Wildman–Crippen LogP) is 3.44. The number of β-amino-alcohol motifs (C(OH)–C–C–N with tert-alkyl or cyclic N) is 1. The fraction of sp³-hybridized carbons (Fsp3) is 0.400. The molecule has 0 bridgehead atoms. The van der Waals surface area contributed by atoms with Crippen molar-refractivity contribution < 1.29 is 14.2 Å². The summed E-state index contributed by atoms with van der Waals surface area (Å²) < 4.78 is 18.5. The number of anilines is 1. The molecule has 2 N–H and O–H groups in total. The van der Waals surface area contributed by atoms with Crippen molar-refractivity contribution in [3.63, 3.8) is 0 Å². The summed E-state index contributed by atoms with van der Waals surface area (Å²) in [5, 5.41) is 13.9. The maximum absolute atomic E-state index is 13.3. The summed E-state index contributed by atoms with van der Waals surface area (Å²) in [6.45, 7) is 2.36. The molecular formula is C20H25FN2O2. The minimum atomic E-state index is -0.654. The third-order valence-electron chi connectivity index (χ3n) is 4.69. The molecule has 2 aromatic rings. The van der Waals surface area contributed by atoms with Crippen LogP contribution in [0.1, 0.15) is 24.5 Å². The van der Waals surface area contributed by atoms with Crippen LogP contribution in [0.3, 0.4) is 0 Å². The summed E-state index contributed by atoms with van der Waals surface area (Å²) in [5.74, 6) is 0.540. The fourth-order valence-corrected chi connectivity index (χ4v) is 3.27. The molecule has 0 radical (unpaired) electrons. The number of aliphatic hydroxyl groups is 1. The number of methoxy groups -OCH3 is 1. The highest BCUT2D eigenvalue weighted by Gasteiger charge is 2.21. The largest absolute Gasteiger partial charge is 0.497 e. The first kappa shape index (κ1) is 17.7. The minimum Gasteiger partial charge on any atom is -0.497 e. The van der Waals surface area contributed by atoms with Gasteiger partial charge in [0.25, 0.3) is 0 Å². The quantitative estimate of drug-likeness (QED) is 0.843. The number of nitrogens with zero attached hydrogens (tertiary/aromatic N) is 1. The van der Waals surface area contributed by atoms with Crippen LogP contribution in [0, 0.1) is 5.82 Å². The van der Waals surface area contributed by atoms with E-state index in [1.165, 1.54) is 12.1 Å². The van der Waals surface area contributed by atoms with Gasteiger partial charge in [0.1, 0.15) is 11.6 Å². The fourth-order valence-electron chi connectivity index (χ4n) is 3.27. The molecule has 134 valence electrons. The van der Waals surface area contributed by atoms with Gasteiger partial charge in [0.05, 0.1) is 13.2 Å². The molecule has 25 heavy (non-hydrogen) atoms. The van der Waals surface area contributed by atoms with Gasteiger partial charge in [0, 0.05) is 37.4 Å². The SMILES string of the molecule is COc1cccc(NC2CCN(CC(O)c3cccc(F)c3)CC2)c1. The summed E-state index contributed by atoms with van der Waals surface area (Å²) >= 11 is 0. The van der Waals surface area contributed by atoms with E-state index in [1.54, 1.807) is 19.2 Å². The Morgan fingerprint density at radius 1 is 1.20 bits per heavy atom. The van der Waals surface area contributed by atoms with Crippen molar-refractivity contribution in [1.82, 2.24) is 4.90 Å². The number of ether oxygens (including phenoxy) is 1. The van der Waals surface area contributed by atoms with Crippen molar-refractivity contribution in [1.29, 1.82) is 0 Å². The number of piperidine rings is 1. The molecule has 2 aromatic carbocycles. The van der Waals surface area contributed by atoms with E-state index in [9.17, 15) is 9.50 Å². The van der Waals surface area contributed by atoms with Gasteiger partial charge < -0.3 is 20.1 Å². The number of likely N-dealkylation sites (tertiary alicyclic amines) is 1. The summed E-state index contributed by atoms with van der Waals surface area (Å²) in [4.78, 5) is 2.24. The van der Waals surface area contributed by atoms with Gasteiger partial charge in [-0.2, -0.15) is 0 Å². The molecule has 1 fully saturated rings. The van der Waals surface area contributed by atoms with Crippen LogP contribution in [0.5, 0.6) is 5.75 Å². The predicted molar refractivity (Wildman–Crippen MR) is 97.4 cm³/mol. The Morgan fingerprint density at radius 3 is 2.68 bits per heavy atom. The van der Waals surface area contributed by atoms with Gasteiger partial charge >= 0.3 is 0 Å². The van der Waals surface area contributed by atoms with Crippen molar-refractivity contribution in [3.8, 4) is 5.75 Å². The smallest absolute Gasteiger partial charge is 0.123 e. The third-order valence-corrected chi connectivity index (χ3v) is 4.69. The molecule has 1 unspecified atom stereocenters. The highest BCUT2D eigenvalue weighted by atomic mass is 19.1. The molecular weight excluding hydrogens is 319 g/mol. The number of aliphatic hydroxyl groups excluding tert-OH is 1. The molecule has 3 rings (SSSR count). The molecule has 0 aliphatic carbocycles. The summed E-state index contributed by atoms with van der Waals surface area (Å²) in [7, 11) is 1.67. The zero-order valence-electron chi connectivity index (χ0n) is 14.5. The van der Waals surface area contributed by atoms with Gasteiger partial charge in [-0.1, -0.05) is 18.2 Å². The van der Waals surface area contributed by atoms with Crippen LogP contribution in [0.4, 0.5) is 10.1 Å². The highest BCUT2D eigenvalue weighted by Crippen LogP contribution is 2.22. The number of benzene rings is 2. The Hall–Kier alpha value is -2.11. The van der Waals surface area contributed by atoms with Crippen LogP contribution >= 0.6 is 0 Å². The molecule has 4 nitrogen and oxygen atoms in total. The Morgan fingerprint density at radius 2 is 1.96 bits per heavy atom. The number of nitrogens with one attached hydrogen (secondary N) is 1. The lowest BCUT2D eigenvalue weighted by molar-refractivity contribution is 0.0989. The second-order valence-electron chi connectivity index (χ2n) is 6.52. The monoisotopic (exact) mass is 344 g/mol. The van der Waals surface area contributed by atoms with Crippen LogP contribution in [0.25, 0.3) is 0 Å². The summed E-state index contributed by atoms with van der Waals surface area (Å²) in [6, 6.07) is 14.6. The van der Waals surface area contributed by atoms with E-state index >= 15 is 0 Å². The molecule has 1 aliphatic heterocycles. The second-order valence-corrected chi connectivity index (χ2v) is 6.52. The van der Waals surface area contributed by atoms with E-state index in [0.717, 1.165) is 37.4 Å². The Labute approximate surface area is 148 Å². The van der Waals surface area contributed by atoms with E-state index in [0.29, 0.717) is 18.2 Å². The van der Waals surface area contributed by atoms with Gasteiger partial charge in [-0.25, -0.2) is 4.39 Å². The van der Waals surface area contributed by atoms with E-state index in [4.69, 9.17) is 4.74 Å². The van der Waals surface area contributed by atoms with Crippen LogP contribution in [-0.4, -0.2) is 42.8 Å². The Kier molecular flexibility index (Phi) is 5.89. The van der Waals surface area contributed by atoms with Crippen LogP contribution in [-0.2, 0) is 0 Å². The average Bonchev–Trinajstić information content (AvgIpc) is 2.63. The number of rotatable bonds is 6. The lowest BCUT2D eigenvalue weighted by Gasteiger charge is -2.34. The maximum atomic E-state index is 13.3. The van der Waals surface area contributed by atoms with Crippen molar-refractivity contribution in [2.24, 2.45) is 0 Å². The first-order valence-corrected chi connectivity index (χ1v) is 8.70. The molecule has 0 amide bonds. The molecule has 1 heterocycles. The van der Waals surface area contributed by atoms with Gasteiger partial charge in [-0.05, 0) is 42.7 Å². The molecule has 1 aliphatic rings. The molecule has 0 spiro atoms. The standard InChI is InChI=1S/C20H25FN2O2/c1-25-19-7-3-6-18(13-19)22-17-8-10-23(11-9-17)14-20(24)15-4-2-5-16(21)12-15/h2-7,12-13,17,20,22,24H,8-11,14H2,1H3. The zero-order valence-corrected chi connectivity index (χ0v) is 14.5. The summed E-state index contributed by atoms with van der Waals surface area (Å²) in [5.41, 5.74) is 1.70. The van der Waals surface area contributed by atoms with Crippen molar-refractivity contribution >= 4 is 5.69 Å². The minimum absolute atomic E-state index is 0.308. The van der Waals surface area contributed by atoms with E-state index in [2.05, 4.69) is 10.2 Å². The third kappa shape index (κ3) is 4.94. The van der Waals surface area contributed by atoms with E-state index in [1.807, 2.05) is 24.3 Å². The topological polar surface area (TPSA) is 44.7 Å². The maximum Gasteiger partial charge on any atom is 0.123 e. The lowest BCUT2D eigenvalue weighted by Crippen LogP contribution is -2.40. The molecule has 0 saturated carbocycles. The van der Waals surface area contributed by atoms with Crippen LogP contribution in [0.2, 0.25) is 0 Å². The molecule has 1 atom stereocenters. The molecule has 5 heteroatoms. The van der Waals surface area contributed by atoms with Gasteiger partial charge in [0.2, 0.25) is 0 Å². The highest BCUT2D eigenvalue weighted by molar-refractivity contribution is 5.48. The first-order chi connectivity index (χ1) is 12.1. The first-order valence-electron chi connectivity index (χ1n) is 8.70. The van der Waals surface area contributed by atoms with Crippen LogP contribution in [0.15, 0.2) is 48.5 Å². The van der Waals surface area contributed by atoms with Gasteiger partial charge in [-0.3, -0.25) is 0 Å². The average molecular weight is 344 g/mol. The number of hydrogen-bond donors (Lipinski definition) is 2. The lowest BCUT2D eigenvalue weighted by atomic mass is 10.0. The van der Waals surface area contributed by atoms with Gasteiger partial charge in [0.15, 0.2) is 0 Å². The Balaban J connectivity index is 1.48. The van der Waals surface area contributed by atoms with E-state index < -0.39 is 6.10 Å². The molecule has 1 saturated heterocycles. The zero-order chi connectivity index (χ0) is 17.6. The van der Waals surface area contributed by atoms with Crippen molar-refractivity contribution in [2.45, 2.75) is 25.0 Å². The summed E-state index contributed by atoms with van der Waals surface area (Å²) in [6.07, 6.45) is 1.36. The number of halogens is 1. The Bertz CT molecular complexity index is 687. The van der Waals surface area contributed by atoms with Gasteiger partial charge in [-0.15, -0.1) is 0 Å². The van der Waals surface area contributed by atoms with Crippen molar-refractivity contribution in [2.75, 3.05) is 32.1 Å². The number of hydrogen-bond acceptors (Lipinski definition) is 4. The van der Waals surface area contributed by atoms with E-state index in [-0.39, 0.29) is 5.82 Å². The van der Waals surface area contributed by atoms with Crippen molar-refractivity contribution in [3.05, 3.63) is 59.9 Å². The molecule has 0 aromatic heterocycles. The second kappa shape index (κ2) is 8.32.